The molecule has 1 N–H and O–H groups in total. The predicted molar refractivity (Wildman–Crippen MR) is 97.3 cm³/mol. The van der Waals surface area contributed by atoms with Gasteiger partial charge in [0, 0.05) is 27.8 Å². The van der Waals surface area contributed by atoms with Crippen LogP contribution in [0.25, 0.3) is 0 Å². The van der Waals surface area contributed by atoms with Crippen LogP contribution in [0.2, 0.25) is 5.02 Å². The molecule has 0 saturated heterocycles. The number of fused-ring (bicyclic) bond motifs is 2. The lowest BCUT2D eigenvalue weighted by Gasteiger charge is -2.24. The molecule has 2 aromatic rings. The lowest BCUT2D eigenvalue weighted by molar-refractivity contribution is -0.113. The number of carbonyl (C=O) groups is 1. The van der Waals surface area contributed by atoms with E-state index < -0.39 is 0 Å². The van der Waals surface area contributed by atoms with Crippen molar-refractivity contribution < 1.29 is 14.3 Å². The number of nitrogens with zero attached hydrogens (tertiary/aromatic N) is 2. The first-order chi connectivity index (χ1) is 12.0. The van der Waals surface area contributed by atoms with Crippen LogP contribution >= 0.6 is 23.4 Å². The summed E-state index contributed by atoms with van der Waals surface area (Å²) in [5, 5.41) is 8.00. The molecule has 0 spiro atoms. The number of rotatable bonds is 2. The molecule has 0 fully saturated rings. The van der Waals surface area contributed by atoms with E-state index in [4.69, 9.17) is 21.1 Å². The van der Waals surface area contributed by atoms with Crippen LogP contribution in [0.3, 0.4) is 0 Å². The van der Waals surface area contributed by atoms with E-state index in [1.165, 1.54) is 0 Å². The van der Waals surface area contributed by atoms with Crippen LogP contribution in [-0.2, 0) is 16.1 Å². The summed E-state index contributed by atoms with van der Waals surface area (Å²) in [7, 11) is 0. The summed E-state index contributed by atoms with van der Waals surface area (Å²) < 4.78 is 13.0. The maximum Gasteiger partial charge on any atom is 0.235 e. The average molecular weight is 380 g/mol. The number of hydrogen-bond acceptors (Lipinski definition) is 5. The number of carbonyl (C=O) groups excluding carboxylic acids is 1. The van der Waals surface area contributed by atoms with Gasteiger partial charge in [-0.2, -0.15) is 5.10 Å². The van der Waals surface area contributed by atoms with E-state index in [1.807, 2.05) is 36.9 Å². The lowest BCUT2D eigenvalue weighted by atomic mass is 10.0. The van der Waals surface area contributed by atoms with Crippen LogP contribution in [0, 0.1) is 0 Å². The third-order valence-corrected chi connectivity index (χ3v) is 5.71. The molecule has 0 bridgehead atoms. The molecule has 132 valence electrons. The van der Waals surface area contributed by atoms with Gasteiger partial charge in [0.25, 0.3) is 0 Å². The molecule has 3 heterocycles. The first-order valence-corrected chi connectivity index (χ1v) is 9.49. The molecule has 1 amide bonds. The van der Waals surface area contributed by atoms with Crippen molar-refractivity contribution in [3.8, 4) is 5.75 Å². The second kappa shape index (κ2) is 6.55. The zero-order valence-electron chi connectivity index (χ0n) is 13.9. The number of aromatic nitrogens is 2. The fourth-order valence-electron chi connectivity index (χ4n) is 3.17. The van der Waals surface area contributed by atoms with E-state index in [1.54, 1.807) is 11.8 Å². The largest absolute Gasteiger partial charge is 0.467 e. The molecule has 0 radical (unpaired) electrons. The van der Waals surface area contributed by atoms with Crippen molar-refractivity contribution in [1.29, 1.82) is 0 Å². The number of nitrogens with one attached hydrogen (secondary N) is 1. The SMILES string of the molecule is CC(C)n1ncc2c1NC(=O)CSC2c1cc(Cl)cc2c1OCOC2. The molecular weight excluding hydrogens is 362 g/mol. The topological polar surface area (TPSA) is 65.4 Å². The van der Waals surface area contributed by atoms with Crippen LogP contribution in [0.1, 0.15) is 41.8 Å². The van der Waals surface area contributed by atoms with E-state index in [-0.39, 0.29) is 24.0 Å². The minimum absolute atomic E-state index is 0.0312. The van der Waals surface area contributed by atoms with Gasteiger partial charge in [0.1, 0.15) is 11.6 Å². The molecule has 1 aromatic heterocycles. The second-order valence-electron chi connectivity index (χ2n) is 6.32. The number of hydrogen-bond donors (Lipinski definition) is 1. The molecule has 0 aliphatic carbocycles. The second-order valence-corrected chi connectivity index (χ2v) is 7.85. The Morgan fingerprint density at radius 3 is 3.04 bits per heavy atom. The van der Waals surface area contributed by atoms with E-state index >= 15 is 0 Å². The average Bonchev–Trinajstić information content (AvgIpc) is 2.91. The van der Waals surface area contributed by atoms with Gasteiger partial charge in [-0.1, -0.05) is 11.6 Å². The Hall–Kier alpha value is -1.70. The van der Waals surface area contributed by atoms with Gasteiger partial charge in [0.15, 0.2) is 6.79 Å². The molecule has 8 heteroatoms. The van der Waals surface area contributed by atoms with Gasteiger partial charge >= 0.3 is 0 Å². The Bertz CT molecular complexity index is 837. The molecule has 6 nitrogen and oxygen atoms in total. The maximum absolute atomic E-state index is 12.2. The summed E-state index contributed by atoms with van der Waals surface area (Å²) in [4.78, 5) is 12.2. The highest BCUT2D eigenvalue weighted by Gasteiger charge is 2.32. The van der Waals surface area contributed by atoms with Gasteiger partial charge in [-0.25, -0.2) is 4.68 Å². The Morgan fingerprint density at radius 2 is 2.24 bits per heavy atom. The molecule has 1 unspecified atom stereocenters. The van der Waals surface area contributed by atoms with Crippen molar-refractivity contribution >= 4 is 35.1 Å². The van der Waals surface area contributed by atoms with Gasteiger partial charge in [0.05, 0.1) is 23.8 Å². The highest BCUT2D eigenvalue weighted by molar-refractivity contribution is 8.00. The van der Waals surface area contributed by atoms with Crippen LogP contribution in [0.5, 0.6) is 5.75 Å². The van der Waals surface area contributed by atoms with E-state index in [0.717, 1.165) is 28.3 Å². The highest BCUT2D eigenvalue weighted by atomic mass is 35.5. The summed E-state index contributed by atoms with van der Waals surface area (Å²) in [5.74, 6) is 1.87. The number of thioether (sulfide) groups is 1. The van der Waals surface area contributed by atoms with E-state index in [2.05, 4.69) is 10.4 Å². The Morgan fingerprint density at radius 1 is 1.40 bits per heavy atom. The summed E-state index contributed by atoms with van der Waals surface area (Å²) in [6, 6.07) is 3.92. The molecule has 0 saturated carbocycles. The summed E-state index contributed by atoms with van der Waals surface area (Å²) in [6.07, 6.45) is 1.82. The molecule has 4 rings (SSSR count). The zero-order chi connectivity index (χ0) is 17.6. The van der Waals surface area contributed by atoms with Crippen molar-refractivity contribution in [2.24, 2.45) is 0 Å². The number of amides is 1. The Balaban J connectivity index is 1.87. The molecule has 1 atom stereocenters. The molecule has 25 heavy (non-hydrogen) atoms. The third-order valence-electron chi connectivity index (χ3n) is 4.22. The third kappa shape index (κ3) is 3.01. The Kier molecular flexibility index (Phi) is 4.39. The summed E-state index contributed by atoms with van der Waals surface area (Å²) >= 11 is 7.88. The van der Waals surface area contributed by atoms with Gasteiger partial charge in [0.2, 0.25) is 5.91 Å². The number of ether oxygens (including phenoxy) is 2. The Labute approximate surface area is 154 Å². The van der Waals surface area contributed by atoms with Crippen LogP contribution < -0.4 is 10.1 Å². The smallest absolute Gasteiger partial charge is 0.235 e. The zero-order valence-corrected chi connectivity index (χ0v) is 15.5. The quantitative estimate of drug-likeness (QED) is 0.860. The van der Waals surface area contributed by atoms with Crippen molar-refractivity contribution in [2.45, 2.75) is 31.7 Å². The van der Waals surface area contributed by atoms with Crippen LogP contribution in [-0.4, -0.2) is 28.2 Å². The van der Waals surface area contributed by atoms with Crippen molar-refractivity contribution in [3.63, 3.8) is 0 Å². The first-order valence-electron chi connectivity index (χ1n) is 8.06. The summed E-state index contributed by atoms with van der Waals surface area (Å²) in [5.41, 5.74) is 2.84. The lowest BCUT2D eigenvalue weighted by Crippen LogP contribution is -2.17. The van der Waals surface area contributed by atoms with Crippen LogP contribution in [0.15, 0.2) is 18.3 Å². The fraction of sp³-hybridized carbons (Fsp3) is 0.412. The highest BCUT2D eigenvalue weighted by Crippen LogP contribution is 2.47. The number of halogens is 1. The monoisotopic (exact) mass is 379 g/mol. The van der Waals surface area contributed by atoms with Gasteiger partial charge in [-0.05, 0) is 26.0 Å². The normalized spacial score (nSPS) is 19.7. The van der Waals surface area contributed by atoms with Crippen molar-refractivity contribution in [3.05, 3.63) is 40.0 Å². The number of benzene rings is 1. The summed E-state index contributed by atoms with van der Waals surface area (Å²) in [6.45, 7) is 4.76. The number of anilines is 1. The van der Waals surface area contributed by atoms with Gasteiger partial charge < -0.3 is 14.8 Å². The standard InChI is InChI=1S/C17H18ClN3O3S/c1-9(2)21-17-13(5-19-21)16(25-7-14(22)20-17)12-4-11(18)3-10-6-23-8-24-15(10)12/h3-5,9,16H,6-8H2,1-2H3,(H,20,22). The van der Waals surface area contributed by atoms with Crippen molar-refractivity contribution in [2.75, 3.05) is 17.9 Å². The fourth-order valence-corrected chi connectivity index (χ4v) is 4.51. The first kappa shape index (κ1) is 16.8. The maximum atomic E-state index is 12.2. The van der Waals surface area contributed by atoms with Gasteiger partial charge in [-0.15, -0.1) is 11.8 Å². The van der Waals surface area contributed by atoms with Crippen LogP contribution in [0.4, 0.5) is 5.82 Å². The van der Waals surface area contributed by atoms with Gasteiger partial charge in [-0.3, -0.25) is 4.79 Å². The molecule has 2 aliphatic heterocycles. The molecule has 1 aromatic carbocycles. The molecular formula is C17H18ClN3O3S. The van der Waals surface area contributed by atoms with Crippen molar-refractivity contribution in [1.82, 2.24) is 9.78 Å². The minimum Gasteiger partial charge on any atom is -0.467 e. The molecule has 2 aliphatic rings. The van der Waals surface area contributed by atoms with E-state index in [9.17, 15) is 4.79 Å². The predicted octanol–water partition coefficient (Wildman–Crippen LogP) is 3.76. The van der Waals surface area contributed by atoms with E-state index in [0.29, 0.717) is 17.4 Å². The minimum atomic E-state index is -0.0907.